The Hall–Kier alpha value is -6.70. The van der Waals surface area contributed by atoms with E-state index in [0.29, 0.717) is 0 Å². The third-order valence-electron chi connectivity index (χ3n) is 9.84. The third kappa shape index (κ3) is 5.86. The highest BCUT2D eigenvalue weighted by molar-refractivity contribution is 6.00. The number of benzene rings is 9. The molecule has 0 spiro atoms. The molecule has 0 unspecified atom stereocenters. The molecule has 0 saturated carbocycles. The largest absolute Gasteiger partial charge is 0.310 e. The number of rotatable bonds is 7. The fourth-order valence-corrected chi connectivity index (χ4v) is 7.42. The smallest absolute Gasteiger partial charge is 0.0540 e. The van der Waals surface area contributed by atoms with Crippen LogP contribution in [0.15, 0.2) is 212 Å². The SMILES string of the molecule is c1ccc(-c2cccc(-c3ccccc3N(c3cccc(-c4cccc5ccccc45)c3)c3cccc(-c4cccc5ccccc45)c3)c2)cc1. The molecule has 0 atom stereocenters. The van der Waals surface area contributed by atoms with Crippen molar-refractivity contribution in [3.63, 3.8) is 0 Å². The topological polar surface area (TPSA) is 3.24 Å². The van der Waals surface area contributed by atoms with Crippen LogP contribution in [0.3, 0.4) is 0 Å². The van der Waals surface area contributed by atoms with E-state index in [-0.39, 0.29) is 0 Å². The molecule has 0 bridgehead atoms. The summed E-state index contributed by atoms with van der Waals surface area (Å²) in [5, 5.41) is 4.98. The van der Waals surface area contributed by atoms with Crippen LogP contribution in [-0.2, 0) is 0 Å². The number of hydrogen-bond acceptors (Lipinski definition) is 1. The molecule has 1 heteroatoms. The molecule has 0 fully saturated rings. The highest BCUT2D eigenvalue weighted by Gasteiger charge is 2.19. The van der Waals surface area contributed by atoms with Crippen molar-refractivity contribution in [2.75, 3.05) is 4.90 Å². The maximum Gasteiger partial charge on any atom is 0.0540 e. The van der Waals surface area contributed by atoms with Gasteiger partial charge in [-0.2, -0.15) is 0 Å². The lowest BCUT2D eigenvalue weighted by Gasteiger charge is -2.29. The molecule has 0 aliphatic heterocycles. The van der Waals surface area contributed by atoms with Crippen LogP contribution in [0.5, 0.6) is 0 Å². The summed E-state index contributed by atoms with van der Waals surface area (Å²) in [7, 11) is 0. The van der Waals surface area contributed by atoms with E-state index in [9.17, 15) is 0 Å². The molecule has 0 saturated heterocycles. The molecule has 9 aromatic rings. The van der Waals surface area contributed by atoms with Crippen LogP contribution in [-0.4, -0.2) is 0 Å². The summed E-state index contributed by atoms with van der Waals surface area (Å²) < 4.78 is 0. The van der Waals surface area contributed by atoms with Crippen LogP contribution in [0, 0.1) is 0 Å². The predicted molar refractivity (Wildman–Crippen MR) is 218 cm³/mol. The molecule has 9 rings (SSSR count). The maximum absolute atomic E-state index is 2.42. The van der Waals surface area contributed by atoms with E-state index >= 15 is 0 Å². The monoisotopic (exact) mass is 649 g/mol. The summed E-state index contributed by atoms with van der Waals surface area (Å²) in [5.74, 6) is 0. The van der Waals surface area contributed by atoms with Crippen LogP contribution in [0.25, 0.3) is 66.1 Å². The Kier molecular flexibility index (Phi) is 7.92. The first-order valence-corrected chi connectivity index (χ1v) is 17.5. The standard InChI is InChI=1S/C50H35N/c1-2-15-36(16-3-1)39-21-10-22-40(33-39)49-29-8-9-32-50(49)51(43-25-11-23-41(34-43)47-30-13-19-37-17-4-6-27-45(37)47)44-26-12-24-42(35-44)48-31-14-20-38-18-5-7-28-46(38)48/h1-35H. The van der Waals surface area contributed by atoms with Gasteiger partial charge in [-0.1, -0.05) is 176 Å². The number of anilines is 3. The zero-order valence-electron chi connectivity index (χ0n) is 28.2. The molecule has 51 heavy (non-hydrogen) atoms. The normalized spacial score (nSPS) is 11.1. The fraction of sp³-hybridized carbons (Fsp3) is 0. The summed E-state index contributed by atoms with van der Waals surface area (Å²) in [6.45, 7) is 0. The molecule has 0 aliphatic rings. The molecule has 0 radical (unpaired) electrons. The number of nitrogens with zero attached hydrogens (tertiary/aromatic N) is 1. The van der Waals surface area contributed by atoms with Crippen molar-refractivity contribution in [2.24, 2.45) is 0 Å². The van der Waals surface area contributed by atoms with E-state index in [1.54, 1.807) is 0 Å². The molecule has 0 N–H and O–H groups in total. The molecule has 0 amide bonds. The van der Waals surface area contributed by atoms with Gasteiger partial charge in [0, 0.05) is 16.9 Å². The van der Waals surface area contributed by atoms with E-state index in [1.807, 2.05) is 0 Å². The predicted octanol–water partition coefficient (Wildman–Crippen LogP) is 14.1. The lowest BCUT2D eigenvalue weighted by molar-refractivity contribution is 1.28. The molecule has 0 heterocycles. The molecule has 9 aromatic carbocycles. The van der Waals surface area contributed by atoms with Crippen LogP contribution < -0.4 is 4.90 Å². The van der Waals surface area contributed by atoms with Gasteiger partial charge in [0.15, 0.2) is 0 Å². The average Bonchev–Trinajstić information content (AvgIpc) is 3.21. The number of hydrogen-bond donors (Lipinski definition) is 0. The molecule has 1 nitrogen and oxygen atoms in total. The van der Waals surface area contributed by atoms with Gasteiger partial charge in [-0.05, 0) is 96.9 Å². The van der Waals surface area contributed by atoms with Gasteiger partial charge >= 0.3 is 0 Å². The zero-order chi connectivity index (χ0) is 34.0. The van der Waals surface area contributed by atoms with Crippen molar-refractivity contribution >= 4 is 38.6 Å². The van der Waals surface area contributed by atoms with Crippen molar-refractivity contribution in [1.29, 1.82) is 0 Å². The van der Waals surface area contributed by atoms with Crippen molar-refractivity contribution < 1.29 is 0 Å². The molecular formula is C50H35N. The van der Waals surface area contributed by atoms with E-state index in [2.05, 4.69) is 217 Å². The van der Waals surface area contributed by atoms with E-state index < -0.39 is 0 Å². The van der Waals surface area contributed by atoms with Crippen molar-refractivity contribution in [3.8, 4) is 44.5 Å². The Morgan fingerprint density at radius 3 is 1.29 bits per heavy atom. The second-order valence-corrected chi connectivity index (χ2v) is 13.0. The summed E-state index contributed by atoms with van der Waals surface area (Å²) in [6.07, 6.45) is 0. The minimum atomic E-state index is 1.10. The van der Waals surface area contributed by atoms with Crippen LogP contribution in [0.1, 0.15) is 0 Å². The zero-order valence-corrected chi connectivity index (χ0v) is 28.2. The van der Waals surface area contributed by atoms with Crippen molar-refractivity contribution in [3.05, 3.63) is 212 Å². The second-order valence-electron chi connectivity index (χ2n) is 13.0. The van der Waals surface area contributed by atoms with E-state index in [0.717, 1.165) is 17.1 Å². The van der Waals surface area contributed by atoms with E-state index in [1.165, 1.54) is 66.1 Å². The van der Waals surface area contributed by atoms with Crippen LogP contribution >= 0.6 is 0 Å². The van der Waals surface area contributed by atoms with Gasteiger partial charge in [0.25, 0.3) is 0 Å². The third-order valence-corrected chi connectivity index (χ3v) is 9.84. The van der Waals surface area contributed by atoms with Crippen LogP contribution in [0.2, 0.25) is 0 Å². The first-order valence-electron chi connectivity index (χ1n) is 17.5. The summed E-state index contributed by atoms with van der Waals surface area (Å²) in [5.41, 5.74) is 12.9. The number of fused-ring (bicyclic) bond motifs is 2. The van der Waals surface area contributed by atoms with Gasteiger partial charge in [-0.25, -0.2) is 0 Å². The molecular weight excluding hydrogens is 615 g/mol. The lowest BCUT2D eigenvalue weighted by atomic mass is 9.95. The summed E-state index contributed by atoms with van der Waals surface area (Å²) >= 11 is 0. The Morgan fingerprint density at radius 1 is 0.255 bits per heavy atom. The first-order chi connectivity index (χ1) is 25.3. The Balaban J connectivity index is 1.25. The Bertz CT molecular complexity index is 2520. The summed E-state index contributed by atoms with van der Waals surface area (Å²) in [6, 6.07) is 76.7. The number of para-hydroxylation sites is 1. The van der Waals surface area contributed by atoms with Gasteiger partial charge in [0.2, 0.25) is 0 Å². The van der Waals surface area contributed by atoms with Gasteiger partial charge in [0.1, 0.15) is 0 Å². The Morgan fingerprint density at radius 2 is 0.667 bits per heavy atom. The second kappa shape index (κ2) is 13.3. The molecule has 0 aliphatic carbocycles. The first kappa shape index (κ1) is 30.4. The lowest BCUT2D eigenvalue weighted by Crippen LogP contribution is -2.11. The summed E-state index contributed by atoms with van der Waals surface area (Å²) in [4.78, 5) is 2.42. The minimum absolute atomic E-state index is 1.10. The van der Waals surface area contributed by atoms with Gasteiger partial charge in [0.05, 0.1) is 5.69 Å². The van der Waals surface area contributed by atoms with Gasteiger partial charge in [-0.3, -0.25) is 0 Å². The van der Waals surface area contributed by atoms with Crippen molar-refractivity contribution in [2.45, 2.75) is 0 Å². The highest BCUT2D eigenvalue weighted by Crippen LogP contribution is 2.44. The quantitative estimate of drug-likeness (QED) is 0.166. The Labute approximate surface area is 299 Å². The highest BCUT2D eigenvalue weighted by atomic mass is 15.1. The maximum atomic E-state index is 2.42. The van der Waals surface area contributed by atoms with E-state index in [4.69, 9.17) is 0 Å². The molecule has 0 aromatic heterocycles. The van der Waals surface area contributed by atoms with Gasteiger partial charge in [-0.15, -0.1) is 0 Å². The van der Waals surface area contributed by atoms with Crippen molar-refractivity contribution in [1.82, 2.24) is 0 Å². The van der Waals surface area contributed by atoms with Crippen LogP contribution in [0.4, 0.5) is 17.1 Å². The average molecular weight is 650 g/mol. The minimum Gasteiger partial charge on any atom is -0.310 e. The molecule has 240 valence electrons. The fourth-order valence-electron chi connectivity index (χ4n) is 7.42. The van der Waals surface area contributed by atoms with Gasteiger partial charge < -0.3 is 4.90 Å².